The lowest BCUT2D eigenvalue weighted by atomic mass is 9.90. The average molecular weight is 1440 g/mol. The highest BCUT2D eigenvalue weighted by atomic mass is 35.5. The number of aryl methyl sites for hydroxylation is 1. The zero-order chi connectivity index (χ0) is 74.8. The van der Waals surface area contributed by atoms with E-state index in [1.54, 1.807) is 20.8 Å². The van der Waals surface area contributed by atoms with Crippen LogP contribution in [0.25, 0.3) is 0 Å². The second-order valence-corrected chi connectivity index (χ2v) is 28.6. The second-order valence-electron chi connectivity index (χ2n) is 28.2. The number of nitrogens with zero attached hydrogens (tertiary/aromatic N) is 8. The van der Waals surface area contributed by atoms with Crippen LogP contribution in [0.1, 0.15) is 140 Å². The summed E-state index contributed by atoms with van der Waals surface area (Å²) >= 11 is 6.06. The summed E-state index contributed by atoms with van der Waals surface area (Å²) in [6, 6.07) is -4.71. The van der Waals surface area contributed by atoms with Gasteiger partial charge in [0.1, 0.15) is 42.0 Å². The molecule has 2 saturated carbocycles. The molecule has 2 saturated heterocycles. The van der Waals surface area contributed by atoms with Gasteiger partial charge in [-0.05, 0) is 118 Å². The Bertz CT molecular complexity index is 3300. The van der Waals surface area contributed by atoms with E-state index in [-0.39, 0.29) is 55.6 Å². The first-order valence-corrected chi connectivity index (χ1v) is 34.3. The van der Waals surface area contributed by atoms with Crippen LogP contribution < -0.4 is 16.0 Å². The van der Waals surface area contributed by atoms with E-state index in [2.05, 4.69) is 16.0 Å². The highest BCUT2D eigenvalue weighted by molar-refractivity contribution is 6.31. The molecule has 2 aromatic carbocycles. The minimum atomic E-state index is -4.87. The number of amides is 10. The minimum absolute atomic E-state index is 0.0122. The van der Waals surface area contributed by atoms with Gasteiger partial charge < -0.3 is 55.0 Å². The molecular formula is C69H96ClF8N11O11. The maximum absolute atomic E-state index is 16.0. The molecule has 1 spiro atoms. The van der Waals surface area contributed by atoms with Crippen LogP contribution in [0.5, 0.6) is 0 Å². The van der Waals surface area contributed by atoms with Gasteiger partial charge in [-0.1, -0.05) is 89.6 Å². The third-order valence-corrected chi connectivity index (χ3v) is 20.6. The van der Waals surface area contributed by atoms with Crippen LogP contribution >= 0.6 is 11.6 Å². The van der Waals surface area contributed by atoms with Crippen LogP contribution in [0.15, 0.2) is 42.5 Å². The smallest absolute Gasteiger partial charge is 0.343 e. The molecule has 1 unspecified atom stereocenters. The summed E-state index contributed by atoms with van der Waals surface area (Å²) in [4.78, 5) is 169. The number of nitrogens with one attached hydrogen (secondary N) is 3. The number of benzene rings is 2. The lowest BCUT2D eigenvalue weighted by Crippen LogP contribution is -2.64. The van der Waals surface area contributed by atoms with E-state index in [1.165, 1.54) is 61.9 Å². The maximum atomic E-state index is 16.0. The summed E-state index contributed by atoms with van der Waals surface area (Å²) in [7, 11) is 9.37. The van der Waals surface area contributed by atoms with Gasteiger partial charge in [0.25, 0.3) is 5.92 Å². The fourth-order valence-corrected chi connectivity index (χ4v) is 14.1. The number of alkyl halides is 8. The Morgan fingerprint density at radius 3 is 1.84 bits per heavy atom. The standard InChI is InChI=1S/C69H96ClF8N11O11/c1-13-41(4)57-63(98)84(8)37-56(93)86(10)47(38-90)35-82(6)52(33-44-20-24-46(25-21-44)68(73,74)75)62(97)83(7)36-54(91)79-50(27-23-43-22-26-48(49(70)32-43)69(76,77)78)61(96)89-39-67(71,72)34-53(89)60(95)81-66(28-16-17-29-66)65(100)88(12)58(45-18-14-15-19-45)64(99)85(9)42(5)31-55(92)87(11)51(30-40(2)3)59(94)80-57/h20-22,24-26,32,38,40-42,45,47,50-53,57-58H,13-19,23,27-31,33-37,39H2,1-12H3,(H,79,91)(H,80,94)(H,81,95)/t41-,42+,47?,50-,51-,52-,53-,57-,58-/m0/s1. The van der Waals surface area contributed by atoms with Crippen molar-refractivity contribution >= 4 is 77.0 Å². The fraction of sp³-hybridized carbons (Fsp3) is 0.667. The quantitative estimate of drug-likeness (QED) is 0.159. The molecule has 2 aliphatic carbocycles. The van der Waals surface area contributed by atoms with Crippen molar-refractivity contribution in [2.75, 3.05) is 75.5 Å². The van der Waals surface area contributed by atoms with Crippen molar-refractivity contribution < 1.29 is 87.9 Å². The van der Waals surface area contributed by atoms with Gasteiger partial charge in [-0.25, -0.2) is 8.78 Å². The molecule has 9 atom stereocenters. The van der Waals surface area contributed by atoms with Gasteiger partial charge in [-0.3, -0.25) is 52.8 Å². The lowest BCUT2D eigenvalue weighted by molar-refractivity contribution is -0.153. The summed E-state index contributed by atoms with van der Waals surface area (Å²) in [6.07, 6.45) is -8.45. The number of halogens is 9. The van der Waals surface area contributed by atoms with Crippen LogP contribution in [0.3, 0.4) is 0 Å². The van der Waals surface area contributed by atoms with Gasteiger partial charge in [0, 0.05) is 67.7 Å². The first-order chi connectivity index (χ1) is 46.6. The van der Waals surface area contributed by atoms with E-state index >= 15 is 23.2 Å². The molecule has 10 amide bonds. The van der Waals surface area contributed by atoms with Crippen LogP contribution in [0, 0.1) is 17.8 Å². The topological polar surface area (TPSA) is 250 Å². The molecule has 31 heteroatoms. The highest BCUT2D eigenvalue weighted by Crippen LogP contribution is 2.40. The number of aldehydes is 1. The molecular weight excluding hydrogens is 1350 g/mol. The average Bonchev–Trinajstić information content (AvgIpc) is 1.54. The predicted molar refractivity (Wildman–Crippen MR) is 353 cm³/mol. The zero-order valence-corrected chi connectivity index (χ0v) is 59.6. The minimum Gasteiger partial charge on any atom is -0.343 e. The molecule has 2 aliphatic heterocycles. The van der Waals surface area contributed by atoms with Crippen LogP contribution in [0.2, 0.25) is 5.02 Å². The molecule has 2 heterocycles. The van der Waals surface area contributed by atoms with Crippen LogP contribution in [0.4, 0.5) is 35.1 Å². The summed E-state index contributed by atoms with van der Waals surface area (Å²) in [5.41, 5.74) is -3.77. The Hall–Kier alpha value is -7.50. The van der Waals surface area contributed by atoms with Crippen molar-refractivity contribution in [1.82, 2.24) is 55.1 Å². The van der Waals surface area contributed by atoms with Crippen molar-refractivity contribution in [3.05, 3.63) is 69.7 Å². The van der Waals surface area contributed by atoms with E-state index < -0.39 is 198 Å². The lowest BCUT2D eigenvalue weighted by Gasteiger charge is -2.41. The van der Waals surface area contributed by atoms with Crippen molar-refractivity contribution in [2.24, 2.45) is 17.8 Å². The van der Waals surface area contributed by atoms with Gasteiger partial charge in [-0.2, -0.15) is 26.3 Å². The van der Waals surface area contributed by atoms with E-state index in [4.69, 9.17) is 11.6 Å². The molecule has 6 rings (SSSR count). The number of rotatable bonds is 11. The first kappa shape index (κ1) is 81.5. The Labute approximate surface area is 583 Å². The van der Waals surface area contributed by atoms with Crippen molar-refractivity contribution in [3.63, 3.8) is 0 Å². The Morgan fingerprint density at radius 1 is 0.680 bits per heavy atom. The first-order valence-electron chi connectivity index (χ1n) is 33.9. The van der Waals surface area contributed by atoms with Crippen LogP contribution in [-0.2, 0) is 77.9 Å². The number of hydrogen-bond donors (Lipinski definition) is 3. The second kappa shape index (κ2) is 34.0. The molecule has 0 radical (unpaired) electrons. The van der Waals surface area contributed by atoms with Gasteiger partial charge >= 0.3 is 12.4 Å². The Balaban J connectivity index is 1.44. The van der Waals surface area contributed by atoms with E-state index in [0.717, 1.165) is 58.1 Å². The molecule has 0 aromatic heterocycles. The highest BCUT2D eigenvalue weighted by Gasteiger charge is 2.55. The van der Waals surface area contributed by atoms with Crippen molar-refractivity contribution in [3.8, 4) is 0 Å². The molecule has 100 heavy (non-hydrogen) atoms. The Morgan fingerprint density at radius 2 is 1.28 bits per heavy atom. The number of hydrogen-bond acceptors (Lipinski definition) is 12. The summed E-state index contributed by atoms with van der Waals surface area (Å²) in [5.74, 6) is -13.4. The van der Waals surface area contributed by atoms with Gasteiger partial charge in [-0.15, -0.1) is 0 Å². The van der Waals surface area contributed by atoms with Gasteiger partial charge in [0.2, 0.25) is 59.1 Å². The fourth-order valence-electron chi connectivity index (χ4n) is 13.8. The number of carbonyl (C=O) groups is 11. The Kier molecular flexibility index (Phi) is 27.7. The number of carbonyl (C=O) groups excluding carboxylic acids is 11. The van der Waals surface area contributed by atoms with Gasteiger partial charge in [0.15, 0.2) is 0 Å². The molecule has 2 aromatic rings. The van der Waals surface area contributed by atoms with Crippen molar-refractivity contribution in [2.45, 2.75) is 203 Å². The zero-order valence-electron chi connectivity index (χ0n) is 58.9. The predicted octanol–water partition coefficient (Wildman–Crippen LogP) is 6.62. The van der Waals surface area contributed by atoms with Crippen LogP contribution in [-0.4, -0.2) is 240 Å². The molecule has 556 valence electrons. The normalized spacial score (nSPS) is 26.4. The summed E-state index contributed by atoms with van der Waals surface area (Å²) < 4.78 is 115. The molecule has 4 aliphatic rings. The third-order valence-electron chi connectivity index (χ3n) is 20.3. The summed E-state index contributed by atoms with van der Waals surface area (Å²) in [6.45, 7) is 5.35. The van der Waals surface area contributed by atoms with Gasteiger partial charge in [0.05, 0.1) is 47.9 Å². The largest absolute Gasteiger partial charge is 0.417 e. The maximum Gasteiger partial charge on any atom is 0.417 e. The number of fused-ring (bicyclic) bond motifs is 1. The van der Waals surface area contributed by atoms with Crippen molar-refractivity contribution in [1.29, 1.82) is 0 Å². The van der Waals surface area contributed by atoms with E-state index in [0.29, 0.717) is 62.2 Å². The molecule has 3 N–H and O–H groups in total. The summed E-state index contributed by atoms with van der Waals surface area (Å²) in [5, 5.41) is 7.30. The molecule has 0 bridgehead atoms. The van der Waals surface area contributed by atoms with E-state index in [9.17, 15) is 64.7 Å². The third kappa shape index (κ3) is 20.2. The molecule has 22 nitrogen and oxygen atoms in total. The van der Waals surface area contributed by atoms with E-state index in [1.807, 2.05) is 13.8 Å². The molecule has 4 fully saturated rings. The number of likely N-dealkylation sites (N-methyl/N-ethyl adjacent to an activating group) is 7. The SMILES string of the molecule is CC[C@H](C)[C@@H]1NC(=O)[C@H](CC(C)C)N(C)C(=O)C[C@@H](C)N(C)C(=O)[C@H](C2CCCC2)N(C)C(=O)C2(CCCC2)NC(=O)[C@@H]2CC(F)(F)CN2C(=O)[C@H](CCc2ccc(C(F)(F)F)c(Cl)c2)NC(=O)CN(C)C(=O)[C@H](Cc2ccc(C(F)(F)F)cc2)N(C)CC(C=O)N(C)C(=O)CN(C)C1=O. The monoisotopic (exact) mass is 1440 g/mol.